The van der Waals surface area contributed by atoms with Crippen molar-refractivity contribution in [2.75, 3.05) is 11.4 Å². The molecule has 1 amide bonds. The predicted octanol–water partition coefficient (Wildman–Crippen LogP) is 3.22. The van der Waals surface area contributed by atoms with Crippen molar-refractivity contribution in [3.05, 3.63) is 96.1 Å². The third-order valence-corrected chi connectivity index (χ3v) is 5.69. The van der Waals surface area contributed by atoms with Crippen molar-refractivity contribution in [1.82, 2.24) is 5.32 Å². The van der Waals surface area contributed by atoms with Crippen LogP contribution in [0.1, 0.15) is 24.1 Å². The molecule has 0 unspecified atom stereocenters. The number of nitrogens with zero attached hydrogens (tertiary/aromatic N) is 1. The number of rotatable bonds is 8. The number of sulfonamides is 1. The first kappa shape index (κ1) is 21.5. The first-order valence-electron chi connectivity index (χ1n) is 9.59. The standard InChI is InChI=1S/C23H25N3O3S/c1-18(20-12-14-22(15-13-20)30(24,28)29)25-23(27)17-26(21-10-6-3-7-11-21)16-19-8-4-2-5-9-19/h2-15,18H,16-17H2,1H3,(H,25,27)(H2,24,28,29)/t18-/m1/s1. The molecule has 3 rings (SSSR count). The van der Waals surface area contributed by atoms with Gasteiger partial charge in [-0.05, 0) is 42.3 Å². The fourth-order valence-corrected chi connectivity index (χ4v) is 3.69. The van der Waals surface area contributed by atoms with Gasteiger partial charge in [-0.2, -0.15) is 0 Å². The van der Waals surface area contributed by atoms with E-state index in [2.05, 4.69) is 5.32 Å². The van der Waals surface area contributed by atoms with E-state index in [1.165, 1.54) is 12.1 Å². The maximum atomic E-state index is 12.8. The largest absolute Gasteiger partial charge is 0.358 e. The van der Waals surface area contributed by atoms with E-state index in [1.54, 1.807) is 12.1 Å². The lowest BCUT2D eigenvalue weighted by molar-refractivity contribution is -0.120. The summed E-state index contributed by atoms with van der Waals surface area (Å²) in [7, 11) is -3.74. The molecule has 0 heterocycles. The second-order valence-electron chi connectivity index (χ2n) is 7.08. The van der Waals surface area contributed by atoms with E-state index in [0.717, 1.165) is 16.8 Å². The monoisotopic (exact) mass is 423 g/mol. The van der Waals surface area contributed by atoms with E-state index < -0.39 is 10.0 Å². The van der Waals surface area contributed by atoms with Gasteiger partial charge in [0.25, 0.3) is 0 Å². The Morgan fingerprint density at radius 1 is 0.933 bits per heavy atom. The molecule has 6 nitrogen and oxygen atoms in total. The summed E-state index contributed by atoms with van der Waals surface area (Å²) in [6.45, 7) is 2.65. The van der Waals surface area contributed by atoms with E-state index in [0.29, 0.717) is 6.54 Å². The van der Waals surface area contributed by atoms with Gasteiger partial charge in [0, 0.05) is 12.2 Å². The van der Waals surface area contributed by atoms with Gasteiger partial charge in [-0.25, -0.2) is 13.6 Å². The lowest BCUT2D eigenvalue weighted by Crippen LogP contribution is -2.38. The molecule has 0 saturated carbocycles. The first-order valence-corrected chi connectivity index (χ1v) is 11.1. The summed E-state index contributed by atoms with van der Waals surface area (Å²) in [6.07, 6.45) is 0. The van der Waals surface area contributed by atoms with Crippen LogP contribution in [0.25, 0.3) is 0 Å². The van der Waals surface area contributed by atoms with Gasteiger partial charge in [-0.1, -0.05) is 60.7 Å². The Hall–Kier alpha value is -3.16. The smallest absolute Gasteiger partial charge is 0.240 e. The van der Waals surface area contributed by atoms with Gasteiger partial charge in [-0.3, -0.25) is 4.79 Å². The summed E-state index contributed by atoms with van der Waals surface area (Å²) >= 11 is 0. The van der Waals surface area contributed by atoms with Crippen molar-refractivity contribution in [2.24, 2.45) is 5.14 Å². The Morgan fingerprint density at radius 2 is 1.50 bits per heavy atom. The van der Waals surface area contributed by atoms with Crippen LogP contribution in [0, 0.1) is 0 Å². The summed E-state index contributed by atoms with van der Waals surface area (Å²) in [6, 6.07) is 25.7. The molecule has 0 bridgehead atoms. The molecule has 0 aliphatic carbocycles. The van der Waals surface area contributed by atoms with Gasteiger partial charge < -0.3 is 10.2 Å². The van der Waals surface area contributed by atoms with Crippen LogP contribution in [-0.4, -0.2) is 20.9 Å². The lowest BCUT2D eigenvalue weighted by atomic mass is 10.1. The number of carbonyl (C=O) groups excluding carboxylic acids is 1. The number of para-hydroxylation sites is 1. The summed E-state index contributed by atoms with van der Waals surface area (Å²) in [4.78, 5) is 14.8. The highest BCUT2D eigenvalue weighted by Crippen LogP contribution is 2.18. The van der Waals surface area contributed by atoms with Gasteiger partial charge in [-0.15, -0.1) is 0 Å². The second-order valence-corrected chi connectivity index (χ2v) is 8.64. The molecule has 156 valence electrons. The zero-order valence-corrected chi connectivity index (χ0v) is 17.5. The van der Waals surface area contributed by atoms with Crippen molar-refractivity contribution in [3.8, 4) is 0 Å². The number of hydrogen-bond acceptors (Lipinski definition) is 4. The molecule has 0 aliphatic heterocycles. The van der Waals surface area contributed by atoms with Gasteiger partial charge >= 0.3 is 0 Å². The van der Waals surface area contributed by atoms with Crippen LogP contribution in [-0.2, 0) is 21.4 Å². The van der Waals surface area contributed by atoms with Crippen molar-refractivity contribution >= 4 is 21.6 Å². The van der Waals surface area contributed by atoms with Crippen LogP contribution in [0.5, 0.6) is 0 Å². The predicted molar refractivity (Wildman–Crippen MR) is 118 cm³/mol. The molecule has 0 saturated heterocycles. The number of amides is 1. The molecule has 1 atom stereocenters. The average molecular weight is 424 g/mol. The molecule has 0 radical (unpaired) electrons. The molecule has 0 fully saturated rings. The molecule has 0 aromatic heterocycles. The minimum atomic E-state index is -3.74. The van der Waals surface area contributed by atoms with Crippen LogP contribution in [0.4, 0.5) is 5.69 Å². The van der Waals surface area contributed by atoms with Gasteiger partial charge in [0.1, 0.15) is 0 Å². The van der Waals surface area contributed by atoms with E-state index in [-0.39, 0.29) is 23.4 Å². The van der Waals surface area contributed by atoms with Crippen LogP contribution in [0.2, 0.25) is 0 Å². The summed E-state index contributed by atoms with van der Waals surface area (Å²) in [5.41, 5.74) is 2.87. The first-order chi connectivity index (χ1) is 14.3. The minimum absolute atomic E-state index is 0.0443. The topological polar surface area (TPSA) is 92.5 Å². The van der Waals surface area contributed by atoms with Crippen molar-refractivity contribution in [1.29, 1.82) is 0 Å². The SMILES string of the molecule is C[C@@H](NC(=O)CN(Cc1ccccc1)c1ccccc1)c1ccc(S(N)(=O)=O)cc1. The second kappa shape index (κ2) is 9.56. The highest BCUT2D eigenvalue weighted by molar-refractivity contribution is 7.89. The molecule has 30 heavy (non-hydrogen) atoms. The molecule has 0 aliphatic rings. The highest BCUT2D eigenvalue weighted by atomic mass is 32.2. The van der Waals surface area contributed by atoms with Crippen molar-refractivity contribution in [2.45, 2.75) is 24.4 Å². The van der Waals surface area contributed by atoms with E-state index in [4.69, 9.17) is 5.14 Å². The Bertz CT molecular complexity index is 1070. The number of anilines is 1. The van der Waals surface area contributed by atoms with Crippen molar-refractivity contribution < 1.29 is 13.2 Å². The molecular formula is C23H25N3O3S. The molecule has 0 spiro atoms. The van der Waals surface area contributed by atoms with Gasteiger partial charge in [0.15, 0.2) is 0 Å². The zero-order chi connectivity index (χ0) is 21.6. The summed E-state index contributed by atoms with van der Waals surface area (Å²) < 4.78 is 22.8. The van der Waals surface area contributed by atoms with Crippen LogP contribution < -0.4 is 15.4 Å². The number of nitrogens with two attached hydrogens (primary N) is 1. The number of primary sulfonamides is 1. The molecule has 3 aromatic carbocycles. The summed E-state index contributed by atoms with van der Waals surface area (Å²) in [5.74, 6) is -0.127. The maximum Gasteiger partial charge on any atom is 0.240 e. The fourth-order valence-electron chi connectivity index (χ4n) is 3.17. The third-order valence-electron chi connectivity index (χ3n) is 4.76. The molecule has 3 N–H and O–H groups in total. The third kappa shape index (κ3) is 5.92. The Morgan fingerprint density at radius 3 is 2.07 bits per heavy atom. The Kier molecular flexibility index (Phi) is 6.87. The number of hydrogen-bond donors (Lipinski definition) is 2. The van der Waals surface area contributed by atoms with E-state index >= 15 is 0 Å². The number of carbonyl (C=O) groups is 1. The van der Waals surface area contributed by atoms with E-state index in [1.807, 2.05) is 72.5 Å². The van der Waals surface area contributed by atoms with Crippen LogP contribution >= 0.6 is 0 Å². The highest BCUT2D eigenvalue weighted by Gasteiger charge is 2.16. The number of nitrogens with one attached hydrogen (secondary N) is 1. The molecule has 3 aromatic rings. The Balaban J connectivity index is 1.69. The number of benzene rings is 3. The van der Waals surface area contributed by atoms with Crippen LogP contribution in [0.3, 0.4) is 0 Å². The normalized spacial score (nSPS) is 12.2. The van der Waals surface area contributed by atoms with Crippen molar-refractivity contribution in [3.63, 3.8) is 0 Å². The quantitative estimate of drug-likeness (QED) is 0.582. The average Bonchev–Trinajstić information content (AvgIpc) is 2.74. The fraction of sp³-hybridized carbons (Fsp3) is 0.174. The summed E-state index contributed by atoms with van der Waals surface area (Å²) in [5, 5.41) is 8.11. The van der Waals surface area contributed by atoms with Crippen LogP contribution in [0.15, 0.2) is 89.8 Å². The Labute approximate surface area is 177 Å². The minimum Gasteiger partial charge on any atom is -0.358 e. The lowest BCUT2D eigenvalue weighted by Gasteiger charge is -2.25. The molecular weight excluding hydrogens is 398 g/mol. The van der Waals surface area contributed by atoms with Gasteiger partial charge in [0.05, 0.1) is 17.5 Å². The van der Waals surface area contributed by atoms with E-state index in [9.17, 15) is 13.2 Å². The van der Waals surface area contributed by atoms with Gasteiger partial charge in [0.2, 0.25) is 15.9 Å². The molecule has 7 heteroatoms. The zero-order valence-electron chi connectivity index (χ0n) is 16.7. The maximum absolute atomic E-state index is 12.8.